The Morgan fingerprint density at radius 2 is 1.60 bits per heavy atom. The Kier molecular flexibility index (Phi) is 10.7. The summed E-state index contributed by atoms with van der Waals surface area (Å²) in [6.07, 6.45) is 0.920. The van der Waals surface area contributed by atoms with Crippen LogP contribution in [0.5, 0.6) is 0 Å². The molecule has 1 rings (SSSR count). The van der Waals surface area contributed by atoms with E-state index in [-0.39, 0.29) is 36.5 Å². The second-order valence-electron chi connectivity index (χ2n) is 7.57. The number of amides is 3. The summed E-state index contributed by atoms with van der Waals surface area (Å²) in [4.78, 5) is 52.6. The number of ketones is 1. The van der Waals surface area contributed by atoms with Crippen LogP contribution in [0.25, 0.3) is 0 Å². The number of Topliss-reactive ketones (excluding diaryl/α,β-unsaturated/α-hetero) is 1. The van der Waals surface area contributed by atoms with E-state index in [2.05, 4.69) is 20.8 Å². The average molecular weight is 421 g/mol. The second-order valence-corrected chi connectivity index (χ2v) is 7.57. The van der Waals surface area contributed by atoms with Crippen molar-refractivity contribution < 1.29 is 24.0 Å². The number of hydrogen-bond donors (Lipinski definition) is 4. The van der Waals surface area contributed by atoms with Crippen molar-refractivity contribution in [3.63, 3.8) is 0 Å². The number of carbonyl (C=O) groups is 4. The van der Waals surface area contributed by atoms with Crippen LogP contribution in [0, 0.1) is 5.92 Å². The van der Waals surface area contributed by atoms with E-state index >= 15 is 0 Å². The lowest BCUT2D eigenvalue weighted by atomic mass is 10.0. The van der Waals surface area contributed by atoms with Crippen molar-refractivity contribution in [2.45, 2.75) is 65.6 Å². The first-order valence-electron chi connectivity index (χ1n) is 9.94. The normalized spacial score (nSPS) is 12.7. The molecule has 0 radical (unpaired) electrons. The van der Waals surface area contributed by atoms with Gasteiger partial charge in [-0.3, -0.25) is 19.2 Å². The first-order valence-corrected chi connectivity index (χ1v) is 9.94. The van der Waals surface area contributed by atoms with Crippen molar-refractivity contribution in [1.82, 2.24) is 10.6 Å². The summed E-state index contributed by atoms with van der Waals surface area (Å²) >= 11 is 0. The number of rotatable bonds is 12. The molecule has 9 nitrogen and oxygen atoms in total. The van der Waals surface area contributed by atoms with Crippen molar-refractivity contribution in [2.75, 3.05) is 5.32 Å². The standard InChI is InChI=1S/C21H32N4O5/c1-13(2)19(25-18(27)7-5-6-14(3)26)21(29)23-15(4)20(28)24-17-10-8-16(9-11-17)12-30-22/h8-11,13,15,19H,5-7,12,22H2,1-4H3,(H,23,29)(H,24,28)(H,25,27)/t15-,19-/m1/s1. The van der Waals surface area contributed by atoms with Crippen LogP contribution < -0.4 is 21.8 Å². The third kappa shape index (κ3) is 9.15. The minimum absolute atomic E-state index is 0.0168. The van der Waals surface area contributed by atoms with Crippen LogP contribution >= 0.6 is 0 Å². The highest BCUT2D eigenvalue weighted by atomic mass is 16.6. The molecule has 0 heterocycles. The molecule has 0 saturated heterocycles. The molecule has 3 amide bonds. The molecule has 0 aliphatic rings. The summed E-state index contributed by atoms with van der Waals surface area (Å²) < 4.78 is 0. The SMILES string of the molecule is CC(=O)CCCC(=O)N[C@@H](C(=O)N[C@H](C)C(=O)Nc1ccc(CON)cc1)C(C)C. The van der Waals surface area contributed by atoms with Gasteiger partial charge in [-0.25, -0.2) is 5.90 Å². The third-order valence-electron chi connectivity index (χ3n) is 4.42. The Labute approximate surface area is 177 Å². The second kappa shape index (κ2) is 12.7. The summed E-state index contributed by atoms with van der Waals surface area (Å²) in [5.74, 6) is 3.74. The Hall–Kier alpha value is -2.78. The Morgan fingerprint density at radius 1 is 0.967 bits per heavy atom. The number of anilines is 1. The van der Waals surface area contributed by atoms with Gasteiger partial charge < -0.3 is 20.7 Å². The lowest BCUT2D eigenvalue weighted by Crippen LogP contribution is -2.53. The molecule has 9 heteroatoms. The van der Waals surface area contributed by atoms with Crippen LogP contribution in [0.15, 0.2) is 24.3 Å². The smallest absolute Gasteiger partial charge is 0.246 e. The first kappa shape index (κ1) is 25.3. The molecule has 1 aromatic rings. The molecule has 1 aromatic carbocycles. The number of nitrogens with two attached hydrogens (primary N) is 1. The zero-order chi connectivity index (χ0) is 22.7. The van der Waals surface area contributed by atoms with E-state index in [4.69, 9.17) is 5.90 Å². The molecule has 166 valence electrons. The molecule has 0 aliphatic heterocycles. The fraction of sp³-hybridized carbons (Fsp3) is 0.524. The molecular weight excluding hydrogens is 388 g/mol. The molecule has 30 heavy (non-hydrogen) atoms. The van der Waals surface area contributed by atoms with E-state index < -0.39 is 18.0 Å². The molecule has 0 spiro atoms. The van der Waals surface area contributed by atoms with Crippen LogP contribution in [-0.2, 0) is 30.6 Å². The van der Waals surface area contributed by atoms with Gasteiger partial charge in [0.05, 0.1) is 6.61 Å². The van der Waals surface area contributed by atoms with E-state index in [1.807, 2.05) is 0 Å². The fourth-order valence-electron chi connectivity index (χ4n) is 2.68. The van der Waals surface area contributed by atoms with Crippen LogP contribution in [-0.4, -0.2) is 35.6 Å². The maximum atomic E-state index is 12.6. The topological polar surface area (TPSA) is 140 Å². The van der Waals surface area contributed by atoms with Crippen LogP contribution in [0.2, 0.25) is 0 Å². The third-order valence-corrected chi connectivity index (χ3v) is 4.42. The minimum Gasteiger partial charge on any atom is -0.344 e. The Balaban J connectivity index is 2.59. The maximum absolute atomic E-state index is 12.6. The summed E-state index contributed by atoms with van der Waals surface area (Å²) in [5, 5.41) is 8.04. The number of carbonyl (C=O) groups excluding carboxylic acids is 4. The quantitative estimate of drug-likeness (QED) is 0.377. The first-order chi connectivity index (χ1) is 14.1. The highest BCUT2D eigenvalue weighted by molar-refractivity contribution is 5.98. The van der Waals surface area contributed by atoms with Crippen LogP contribution in [0.1, 0.15) is 52.5 Å². The maximum Gasteiger partial charge on any atom is 0.246 e. The highest BCUT2D eigenvalue weighted by Crippen LogP contribution is 2.11. The highest BCUT2D eigenvalue weighted by Gasteiger charge is 2.26. The van der Waals surface area contributed by atoms with Crippen molar-refractivity contribution in [2.24, 2.45) is 11.8 Å². The van der Waals surface area contributed by atoms with Gasteiger partial charge >= 0.3 is 0 Å². The van der Waals surface area contributed by atoms with E-state index in [9.17, 15) is 19.2 Å². The minimum atomic E-state index is -0.805. The summed E-state index contributed by atoms with van der Waals surface area (Å²) in [6, 6.07) is 5.36. The van der Waals surface area contributed by atoms with Gasteiger partial charge in [0.25, 0.3) is 0 Å². The lowest BCUT2D eigenvalue weighted by molar-refractivity contribution is -0.131. The van der Waals surface area contributed by atoms with Gasteiger partial charge in [-0.15, -0.1) is 0 Å². The van der Waals surface area contributed by atoms with Crippen LogP contribution in [0.4, 0.5) is 5.69 Å². The average Bonchev–Trinajstić information content (AvgIpc) is 2.67. The lowest BCUT2D eigenvalue weighted by Gasteiger charge is -2.24. The van der Waals surface area contributed by atoms with Gasteiger partial charge in [-0.2, -0.15) is 0 Å². The molecule has 0 bridgehead atoms. The molecule has 0 aliphatic carbocycles. The summed E-state index contributed by atoms with van der Waals surface area (Å²) in [7, 11) is 0. The van der Waals surface area contributed by atoms with Gasteiger partial charge in [0.1, 0.15) is 17.9 Å². The summed E-state index contributed by atoms with van der Waals surface area (Å²) in [5.41, 5.74) is 1.43. The predicted octanol–water partition coefficient (Wildman–Crippen LogP) is 1.42. The van der Waals surface area contributed by atoms with E-state index in [0.717, 1.165) is 5.56 Å². The largest absolute Gasteiger partial charge is 0.344 e. The van der Waals surface area contributed by atoms with Gasteiger partial charge in [0, 0.05) is 18.5 Å². The molecule has 5 N–H and O–H groups in total. The van der Waals surface area contributed by atoms with E-state index in [0.29, 0.717) is 18.5 Å². The molecule has 0 unspecified atom stereocenters. The molecular formula is C21H32N4O5. The van der Waals surface area contributed by atoms with Crippen LogP contribution in [0.3, 0.4) is 0 Å². The van der Waals surface area contributed by atoms with Crippen molar-refractivity contribution in [3.05, 3.63) is 29.8 Å². The van der Waals surface area contributed by atoms with Gasteiger partial charge in [-0.1, -0.05) is 26.0 Å². The number of nitrogens with one attached hydrogen (secondary N) is 3. The number of benzene rings is 1. The monoisotopic (exact) mass is 420 g/mol. The van der Waals surface area contributed by atoms with Gasteiger partial charge in [0.15, 0.2) is 0 Å². The molecule has 0 aromatic heterocycles. The fourth-order valence-corrected chi connectivity index (χ4v) is 2.68. The molecule has 2 atom stereocenters. The van der Waals surface area contributed by atoms with Crippen molar-refractivity contribution in [3.8, 4) is 0 Å². The number of hydrogen-bond acceptors (Lipinski definition) is 6. The molecule has 0 saturated carbocycles. The van der Waals surface area contributed by atoms with Gasteiger partial charge in [-0.05, 0) is 43.9 Å². The zero-order valence-electron chi connectivity index (χ0n) is 18.0. The van der Waals surface area contributed by atoms with E-state index in [1.165, 1.54) is 6.92 Å². The van der Waals surface area contributed by atoms with E-state index in [1.54, 1.807) is 45.0 Å². The molecule has 0 fully saturated rings. The Bertz CT molecular complexity index is 733. The van der Waals surface area contributed by atoms with Crippen molar-refractivity contribution in [1.29, 1.82) is 0 Å². The van der Waals surface area contributed by atoms with Crippen molar-refractivity contribution >= 4 is 29.2 Å². The Morgan fingerprint density at radius 3 is 2.13 bits per heavy atom. The zero-order valence-corrected chi connectivity index (χ0v) is 18.0. The van der Waals surface area contributed by atoms with Gasteiger partial charge in [0.2, 0.25) is 17.7 Å². The predicted molar refractivity (Wildman–Crippen MR) is 113 cm³/mol. The summed E-state index contributed by atoms with van der Waals surface area (Å²) in [6.45, 7) is 6.90.